The van der Waals surface area contributed by atoms with Gasteiger partial charge in [-0.2, -0.15) is 4.99 Å². The molecular weight excluding hydrogens is 238 g/mol. The van der Waals surface area contributed by atoms with Gasteiger partial charge in [0.2, 0.25) is 0 Å². The Labute approximate surface area is 113 Å². The van der Waals surface area contributed by atoms with Crippen molar-refractivity contribution in [3.05, 3.63) is 48.0 Å². The molecule has 0 saturated heterocycles. The van der Waals surface area contributed by atoms with E-state index in [9.17, 15) is 4.79 Å². The predicted octanol–water partition coefficient (Wildman–Crippen LogP) is 2.83. The van der Waals surface area contributed by atoms with Crippen molar-refractivity contribution in [2.24, 2.45) is 10.7 Å². The summed E-state index contributed by atoms with van der Waals surface area (Å²) < 4.78 is 0. The number of amidine groups is 1. The van der Waals surface area contributed by atoms with Gasteiger partial charge in [0.1, 0.15) is 11.9 Å². The molecule has 19 heavy (non-hydrogen) atoms. The lowest BCUT2D eigenvalue weighted by molar-refractivity contribution is 0.213. The quantitative estimate of drug-likeness (QED) is 0.843. The minimum atomic E-state index is -0.296. The van der Waals surface area contributed by atoms with Crippen LogP contribution >= 0.6 is 0 Å². The molecule has 0 aromatic heterocycles. The Balaban J connectivity index is 2.31. The van der Waals surface area contributed by atoms with E-state index in [0.29, 0.717) is 18.3 Å². The van der Waals surface area contributed by atoms with Crippen molar-refractivity contribution < 1.29 is 4.79 Å². The number of hydrogen-bond donors (Lipinski definition) is 1. The zero-order valence-electron chi connectivity index (χ0n) is 11.3. The van der Waals surface area contributed by atoms with Gasteiger partial charge < -0.3 is 10.6 Å². The average molecular weight is 257 g/mol. The third-order valence-corrected chi connectivity index (χ3v) is 3.31. The Hall–Kier alpha value is -2.10. The lowest BCUT2D eigenvalue weighted by atomic mass is 9.98. The summed E-state index contributed by atoms with van der Waals surface area (Å²) in [7, 11) is 0. The van der Waals surface area contributed by atoms with E-state index < -0.39 is 0 Å². The Kier molecular flexibility index (Phi) is 3.69. The largest absolute Gasteiger partial charge is 0.385 e. The van der Waals surface area contributed by atoms with Gasteiger partial charge in [0.05, 0.1) is 0 Å². The second-order valence-corrected chi connectivity index (χ2v) is 4.98. The van der Waals surface area contributed by atoms with Crippen molar-refractivity contribution >= 4 is 11.9 Å². The van der Waals surface area contributed by atoms with E-state index in [4.69, 9.17) is 5.73 Å². The highest BCUT2D eigenvalue weighted by Gasteiger charge is 2.33. The summed E-state index contributed by atoms with van der Waals surface area (Å²) in [5, 5.41) is 0. The molecule has 1 aliphatic rings. The van der Waals surface area contributed by atoms with Crippen LogP contribution in [0.5, 0.6) is 0 Å². The van der Waals surface area contributed by atoms with Crippen molar-refractivity contribution in [1.82, 2.24) is 4.90 Å². The molecule has 1 aromatic rings. The first-order valence-corrected chi connectivity index (χ1v) is 6.40. The smallest absolute Gasteiger partial charge is 0.346 e. The average Bonchev–Trinajstić information content (AvgIpc) is 2.65. The molecule has 2 rings (SSSR count). The molecule has 0 spiro atoms. The number of amides is 2. The highest BCUT2D eigenvalue weighted by molar-refractivity contribution is 6.03. The van der Waals surface area contributed by atoms with E-state index in [2.05, 4.69) is 37.6 Å². The molecule has 2 N–H and O–H groups in total. The third-order valence-electron chi connectivity index (χ3n) is 3.31. The molecule has 1 aliphatic heterocycles. The minimum Gasteiger partial charge on any atom is -0.385 e. The topological polar surface area (TPSA) is 58.7 Å². The molecule has 4 nitrogen and oxygen atoms in total. The summed E-state index contributed by atoms with van der Waals surface area (Å²) in [4.78, 5) is 17.2. The Bertz CT molecular complexity index is 517. The number of rotatable bonds is 4. The van der Waals surface area contributed by atoms with Crippen LogP contribution in [0.25, 0.3) is 0 Å². The number of hydrogen-bond acceptors (Lipinski definition) is 2. The third kappa shape index (κ3) is 2.52. The molecular formula is C15H19N3O. The van der Waals surface area contributed by atoms with Crippen LogP contribution in [0.2, 0.25) is 0 Å². The molecule has 1 aromatic carbocycles. The number of benzene rings is 1. The van der Waals surface area contributed by atoms with Gasteiger partial charge in [0, 0.05) is 6.54 Å². The second kappa shape index (κ2) is 5.26. The van der Waals surface area contributed by atoms with Crippen LogP contribution in [0.4, 0.5) is 4.79 Å². The predicted molar refractivity (Wildman–Crippen MR) is 77.2 cm³/mol. The Morgan fingerprint density at radius 2 is 2.05 bits per heavy atom. The van der Waals surface area contributed by atoms with Gasteiger partial charge in [-0.15, -0.1) is 6.58 Å². The number of aliphatic imine (C=N–C) groups is 1. The zero-order valence-corrected chi connectivity index (χ0v) is 11.3. The second-order valence-electron chi connectivity index (χ2n) is 4.98. The lowest BCUT2D eigenvalue weighted by Crippen LogP contribution is -2.33. The molecule has 0 fully saturated rings. The van der Waals surface area contributed by atoms with Crippen molar-refractivity contribution in [3.63, 3.8) is 0 Å². The van der Waals surface area contributed by atoms with Crippen LogP contribution < -0.4 is 5.73 Å². The van der Waals surface area contributed by atoms with Gasteiger partial charge in [-0.25, -0.2) is 4.79 Å². The van der Waals surface area contributed by atoms with Crippen molar-refractivity contribution in [2.75, 3.05) is 6.54 Å². The van der Waals surface area contributed by atoms with Gasteiger partial charge in [-0.05, 0) is 17.0 Å². The van der Waals surface area contributed by atoms with Crippen molar-refractivity contribution in [2.45, 2.75) is 25.8 Å². The van der Waals surface area contributed by atoms with E-state index in [1.807, 2.05) is 12.1 Å². The number of carbonyl (C=O) groups excluding carboxylic acids is 1. The molecule has 1 heterocycles. The van der Waals surface area contributed by atoms with Crippen LogP contribution in [0, 0.1) is 0 Å². The normalized spacial score (nSPS) is 18.9. The van der Waals surface area contributed by atoms with E-state index in [1.165, 1.54) is 5.56 Å². The van der Waals surface area contributed by atoms with Crippen LogP contribution in [0.3, 0.4) is 0 Å². The molecule has 1 unspecified atom stereocenters. The number of nitrogens with zero attached hydrogens (tertiary/aromatic N) is 2. The molecule has 100 valence electrons. The standard InChI is InChI=1S/C15H19N3O/c1-4-9-18-13(14(16)17-15(18)19)12-7-5-11(6-8-12)10(2)3/h4-8,10,13H,1,9H2,2-3H3,(H2,16,17,19). The first-order chi connectivity index (χ1) is 9.04. The molecule has 0 radical (unpaired) electrons. The van der Waals surface area contributed by atoms with Crippen LogP contribution in [-0.4, -0.2) is 23.3 Å². The Morgan fingerprint density at radius 1 is 1.42 bits per heavy atom. The Morgan fingerprint density at radius 3 is 2.58 bits per heavy atom. The summed E-state index contributed by atoms with van der Waals surface area (Å²) in [5.74, 6) is 0.832. The zero-order chi connectivity index (χ0) is 14.0. The fourth-order valence-electron chi connectivity index (χ4n) is 2.24. The molecule has 0 bridgehead atoms. The van der Waals surface area contributed by atoms with Gasteiger partial charge in [0.25, 0.3) is 0 Å². The highest BCUT2D eigenvalue weighted by Crippen LogP contribution is 2.27. The number of urea groups is 1. The summed E-state index contributed by atoms with van der Waals surface area (Å²) in [5.41, 5.74) is 8.12. The maximum absolute atomic E-state index is 11.7. The van der Waals surface area contributed by atoms with E-state index >= 15 is 0 Å². The van der Waals surface area contributed by atoms with Crippen molar-refractivity contribution in [1.29, 1.82) is 0 Å². The molecule has 1 atom stereocenters. The highest BCUT2D eigenvalue weighted by atomic mass is 16.2. The van der Waals surface area contributed by atoms with Crippen LogP contribution in [0.15, 0.2) is 41.9 Å². The maximum Gasteiger partial charge on any atom is 0.346 e. The maximum atomic E-state index is 11.7. The summed E-state index contributed by atoms with van der Waals surface area (Å²) in [6, 6.07) is 7.60. The molecule has 2 amide bonds. The lowest BCUT2D eigenvalue weighted by Gasteiger charge is -2.23. The summed E-state index contributed by atoms with van der Waals surface area (Å²) in [6.07, 6.45) is 1.68. The van der Waals surface area contributed by atoms with Crippen molar-refractivity contribution in [3.8, 4) is 0 Å². The number of nitrogens with two attached hydrogens (primary N) is 1. The first-order valence-electron chi connectivity index (χ1n) is 6.40. The fourth-order valence-corrected chi connectivity index (χ4v) is 2.24. The number of carbonyl (C=O) groups is 1. The molecule has 4 heteroatoms. The fraction of sp³-hybridized carbons (Fsp3) is 0.333. The van der Waals surface area contributed by atoms with Crippen LogP contribution in [-0.2, 0) is 0 Å². The summed E-state index contributed by atoms with van der Waals surface area (Å²) >= 11 is 0. The van der Waals surface area contributed by atoms with E-state index in [1.54, 1.807) is 11.0 Å². The van der Waals surface area contributed by atoms with Gasteiger partial charge in [-0.3, -0.25) is 0 Å². The van der Waals surface area contributed by atoms with Gasteiger partial charge in [0.15, 0.2) is 0 Å². The monoisotopic (exact) mass is 257 g/mol. The van der Waals surface area contributed by atoms with Crippen LogP contribution in [0.1, 0.15) is 36.9 Å². The van der Waals surface area contributed by atoms with Gasteiger partial charge in [-0.1, -0.05) is 44.2 Å². The molecule has 0 saturated carbocycles. The molecule has 0 aliphatic carbocycles. The first kappa shape index (κ1) is 13.3. The van der Waals surface area contributed by atoms with Gasteiger partial charge >= 0.3 is 6.03 Å². The SMILES string of the molecule is C=CCN1C(=O)N=C(N)C1c1ccc(C(C)C)cc1. The van der Waals surface area contributed by atoms with E-state index in [-0.39, 0.29) is 12.1 Å². The summed E-state index contributed by atoms with van der Waals surface area (Å²) in [6.45, 7) is 8.40. The minimum absolute atomic E-state index is 0.272. The van der Waals surface area contributed by atoms with E-state index in [0.717, 1.165) is 5.56 Å².